The number of benzene rings is 3. The normalized spacial score (nSPS) is 18.7. The number of hydrogen-bond donors (Lipinski definition) is 1. The number of aromatic nitrogens is 1. The summed E-state index contributed by atoms with van der Waals surface area (Å²) >= 11 is 0. The third-order valence-electron chi connectivity index (χ3n) is 6.92. The highest BCUT2D eigenvalue weighted by atomic mass is 16.2. The smallest absolute Gasteiger partial charge is 0.244 e. The minimum atomic E-state index is -0.419. The summed E-state index contributed by atoms with van der Waals surface area (Å²) in [6.07, 6.45) is 0. The van der Waals surface area contributed by atoms with Gasteiger partial charge in [0.2, 0.25) is 11.8 Å². The van der Waals surface area contributed by atoms with E-state index in [-0.39, 0.29) is 18.4 Å². The summed E-state index contributed by atoms with van der Waals surface area (Å²) in [5, 5.41) is 3.95. The van der Waals surface area contributed by atoms with E-state index in [0.29, 0.717) is 19.6 Å². The first-order valence-corrected chi connectivity index (χ1v) is 11.7. The standard InChI is InChI=1S/C28H26N4O2/c33-26-17-29-28(34)25-19-30(15-16-31(25)26)18-23-22-13-7-8-14-24(22)32(21-11-5-2-6-12-21)27(23)20-9-3-1-4-10-20/h1-14,25H,15-19H2,(H,29,34). The Labute approximate surface area is 198 Å². The molecule has 3 aromatic carbocycles. The van der Waals surface area contributed by atoms with Crippen molar-refractivity contribution in [2.75, 3.05) is 26.2 Å². The Morgan fingerprint density at radius 1 is 0.824 bits per heavy atom. The minimum absolute atomic E-state index is 0.00917. The van der Waals surface area contributed by atoms with E-state index >= 15 is 0 Å². The molecule has 0 saturated carbocycles. The fraction of sp³-hybridized carbons (Fsp3) is 0.214. The summed E-state index contributed by atoms with van der Waals surface area (Å²) in [6.45, 7) is 2.68. The van der Waals surface area contributed by atoms with Crippen LogP contribution in [0.15, 0.2) is 84.9 Å². The van der Waals surface area contributed by atoms with Crippen LogP contribution in [0, 0.1) is 0 Å². The molecule has 1 N–H and O–H groups in total. The van der Waals surface area contributed by atoms with E-state index in [9.17, 15) is 9.59 Å². The van der Waals surface area contributed by atoms with Crippen LogP contribution in [0.25, 0.3) is 27.8 Å². The van der Waals surface area contributed by atoms with Crippen LogP contribution in [0.4, 0.5) is 0 Å². The number of fused-ring (bicyclic) bond motifs is 2. The number of amides is 2. The van der Waals surface area contributed by atoms with Gasteiger partial charge < -0.3 is 14.8 Å². The van der Waals surface area contributed by atoms with Gasteiger partial charge in [0.05, 0.1) is 17.8 Å². The van der Waals surface area contributed by atoms with Crippen molar-refractivity contribution >= 4 is 22.7 Å². The second kappa shape index (κ2) is 8.47. The molecular weight excluding hydrogens is 424 g/mol. The number of carbonyl (C=O) groups is 2. The highest BCUT2D eigenvalue weighted by Gasteiger charge is 2.39. The summed E-state index contributed by atoms with van der Waals surface area (Å²) in [7, 11) is 0. The monoisotopic (exact) mass is 450 g/mol. The highest BCUT2D eigenvalue weighted by Crippen LogP contribution is 2.37. The fourth-order valence-corrected chi connectivity index (χ4v) is 5.32. The van der Waals surface area contributed by atoms with Crippen molar-refractivity contribution in [1.82, 2.24) is 19.7 Å². The Hall–Kier alpha value is -3.90. The molecular formula is C28H26N4O2. The first kappa shape index (κ1) is 20.7. The number of nitrogens with zero attached hydrogens (tertiary/aromatic N) is 3. The maximum Gasteiger partial charge on any atom is 0.244 e. The third kappa shape index (κ3) is 3.47. The Kier molecular flexibility index (Phi) is 5.15. The lowest BCUT2D eigenvalue weighted by Crippen LogP contribution is -2.65. The van der Waals surface area contributed by atoms with Gasteiger partial charge >= 0.3 is 0 Å². The zero-order valence-corrected chi connectivity index (χ0v) is 18.9. The molecule has 1 aromatic heterocycles. The van der Waals surface area contributed by atoms with Crippen molar-refractivity contribution in [2.24, 2.45) is 0 Å². The molecule has 4 aromatic rings. The van der Waals surface area contributed by atoms with E-state index in [1.54, 1.807) is 4.90 Å². The van der Waals surface area contributed by atoms with Crippen molar-refractivity contribution < 1.29 is 9.59 Å². The molecule has 2 fully saturated rings. The van der Waals surface area contributed by atoms with E-state index in [1.165, 1.54) is 16.6 Å². The van der Waals surface area contributed by atoms with Gasteiger partial charge in [-0.1, -0.05) is 66.7 Å². The van der Waals surface area contributed by atoms with Crippen molar-refractivity contribution in [2.45, 2.75) is 12.6 Å². The third-order valence-corrected chi connectivity index (χ3v) is 6.92. The second-order valence-corrected chi connectivity index (χ2v) is 8.94. The van der Waals surface area contributed by atoms with E-state index in [4.69, 9.17) is 0 Å². The van der Waals surface area contributed by atoms with Crippen LogP contribution in [0.2, 0.25) is 0 Å². The van der Waals surface area contributed by atoms with Crippen molar-refractivity contribution in [3.05, 3.63) is 90.5 Å². The summed E-state index contributed by atoms with van der Waals surface area (Å²) in [5.74, 6) is -0.0470. The maximum absolute atomic E-state index is 12.5. The van der Waals surface area contributed by atoms with Gasteiger partial charge in [0.25, 0.3) is 0 Å². The van der Waals surface area contributed by atoms with Crippen LogP contribution < -0.4 is 5.32 Å². The van der Waals surface area contributed by atoms with Gasteiger partial charge in [0.15, 0.2) is 0 Å². The van der Waals surface area contributed by atoms with Gasteiger partial charge in [-0.3, -0.25) is 14.5 Å². The number of rotatable bonds is 4. The maximum atomic E-state index is 12.5. The second-order valence-electron chi connectivity index (χ2n) is 8.94. The number of piperazine rings is 2. The molecule has 34 heavy (non-hydrogen) atoms. The molecule has 6 heteroatoms. The molecule has 2 aliphatic rings. The largest absolute Gasteiger partial charge is 0.345 e. The molecule has 0 spiro atoms. The number of hydrogen-bond acceptors (Lipinski definition) is 3. The summed E-state index contributed by atoms with van der Waals surface area (Å²) < 4.78 is 2.34. The zero-order chi connectivity index (χ0) is 23.1. The molecule has 0 aliphatic carbocycles. The van der Waals surface area contributed by atoms with Crippen LogP contribution in [0.1, 0.15) is 5.56 Å². The summed E-state index contributed by atoms with van der Waals surface area (Å²) in [6, 6.07) is 29.0. The average molecular weight is 451 g/mol. The summed E-state index contributed by atoms with van der Waals surface area (Å²) in [5.41, 5.74) is 5.83. The molecule has 2 aliphatic heterocycles. The van der Waals surface area contributed by atoms with Gasteiger partial charge in [-0.2, -0.15) is 0 Å². The molecule has 170 valence electrons. The molecule has 0 bridgehead atoms. The summed E-state index contributed by atoms with van der Waals surface area (Å²) in [4.78, 5) is 28.9. The van der Waals surface area contributed by atoms with Crippen LogP contribution in [-0.2, 0) is 16.1 Å². The Bertz CT molecular complexity index is 1360. The van der Waals surface area contributed by atoms with E-state index in [0.717, 1.165) is 23.3 Å². The first-order chi connectivity index (χ1) is 16.7. The predicted molar refractivity (Wildman–Crippen MR) is 132 cm³/mol. The molecule has 1 unspecified atom stereocenters. The molecule has 1 atom stereocenters. The highest BCUT2D eigenvalue weighted by molar-refractivity contribution is 5.95. The zero-order valence-electron chi connectivity index (χ0n) is 18.9. The number of para-hydroxylation sites is 2. The van der Waals surface area contributed by atoms with Crippen LogP contribution in [0.5, 0.6) is 0 Å². The van der Waals surface area contributed by atoms with Gasteiger partial charge in [-0.25, -0.2) is 0 Å². The Morgan fingerprint density at radius 3 is 2.32 bits per heavy atom. The SMILES string of the molecule is O=C1NCC(=O)N2CCN(Cc3c(-c4ccccc4)n(-c4ccccc4)c4ccccc34)CC12. The Balaban J connectivity index is 1.47. The average Bonchev–Trinajstić information content (AvgIpc) is 3.21. The Morgan fingerprint density at radius 2 is 1.53 bits per heavy atom. The molecule has 3 heterocycles. The molecule has 0 radical (unpaired) electrons. The van der Waals surface area contributed by atoms with E-state index < -0.39 is 6.04 Å². The topological polar surface area (TPSA) is 57.6 Å². The number of nitrogens with one attached hydrogen (secondary N) is 1. The van der Waals surface area contributed by atoms with E-state index in [2.05, 4.69) is 87.6 Å². The van der Waals surface area contributed by atoms with Crippen molar-refractivity contribution in [1.29, 1.82) is 0 Å². The first-order valence-electron chi connectivity index (χ1n) is 11.7. The molecule has 2 saturated heterocycles. The minimum Gasteiger partial charge on any atom is -0.345 e. The molecule has 6 nitrogen and oxygen atoms in total. The van der Waals surface area contributed by atoms with Crippen LogP contribution in [0.3, 0.4) is 0 Å². The lowest BCUT2D eigenvalue weighted by Gasteiger charge is -2.43. The number of carbonyl (C=O) groups excluding carboxylic acids is 2. The van der Waals surface area contributed by atoms with Gasteiger partial charge in [-0.05, 0) is 23.8 Å². The fourth-order valence-electron chi connectivity index (χ4n) is 5.32. The van der Waals surface area contributed by atoms with Gasteiger partial charge in [0.1, 0.15) is 6.04 Å². The van der Waals surface area contributed by atoms with Crippen LogP contribution in [-0.4, -0.2) is 58.4 Å². The molecule has 2 amide bonds. The van der Waals surface area contributed by atoms with Crippen molar-refractivity contribution in [3.8, 4) is 16.9 Å². The van der Waals surface area contributed by atoms with Gasteiger partial charge in [0, 0.05) is 42.8 Å². The lowest BCUT2D eigenvalue weighted by atomic mass is 10.0. The lowest BCUT2D eigenvalue weighted by molar-refractivity contribution is -0.149. The predicted octanol–water partition coefficient (Wildman–Crippen LogP) is 3.44. The van der Waals surface area contributed by atoms with Crippen molar-refractivity contribution in [3.63, 3.8) is 0 Å². The van der Waals surface area contributed by atoms with Gasteiger partial charge in [-0.15, -0.1) is 0 Å². The molecule has 6 rings (SSSR count). The van der Waals surface area contributed by atoms with E-state index in [1.807, 2.05) is 12.1 Å². The van der Waals surface area contributed by atoms with Crippen LogP contribution >= 0.6 is 0 Å². The quantitative estimate of drug-likeness (QED) is 0.518.